The van der Waals surface area contributed by atoms with Crippen LogP contribution < -0.4 is 10.1 Å². The van der Waals surface area contributed by atoms with Crippen molar-refractivity contribution in [3.8, 4) is 5.88 Å². The van der Waals surface area contributed by atoms with Gasteiger partial charge in [0.25, 0.3) is 5.91 Å². The summed E-state index contributed by atoms with van der Waals surface area (Å²) in [5, 5.41) is 11.2. The van der Waals surface area contributed by atoms with Crippen molar-refractivity contribution in [2.75, 3.05) is 13.7 Å². The second-order valence-corrected chi connectivity index (χ2v) is 4.05. The van der Waals surface area contributed by atoms with Gasteiger partial charge < -0.3 is 15.2 Å². The van der Waals surface area contributed by atoms with Gasteiger partial charge in [-0.25, -0.2) is 4.98 Å². The van der Waals surface area contributed by atoms with Gasteiger partial charge >= 0.3 is 5.97 Å². The first-order chi connectivity index (χ1) is 9.13. The van der Waals surface area contributed by atoms with Crippen LogP contribution in [0.2, 0.25) is 0 Å². The molecule has 1 rings (SSSR count). The van der Waals surface area contributed by atoms with Gasteiger partial charge in [0.05, 0.1) is 12.7 Å². The molecule has 0 saturated heterocycles. The van der Waals surface area contributed by atoms with Crippen LogP contribution in [0.1, 0.15) is 36.0 Å². The predicted molar refractivity (Wildman–Crippen MR) is 69.2 cm³/mol. The van der Waals surface area contributed by atoms with E-state index in [1.165, 1.54) is 13.3 Å². The zero-order valence-corrected chi connectivity index (χ0v) is 10.9. The van der Waals surface area contributed by atoms with Crippen LogP contribution in [0.15, 0.2) is 18.3 Å². The summed E-state index contributed by atoms with van der Waals surface area (Å²) in [4.78, 5) is 25.9. The largest absolute Gasteiger partial charge is 0.481 e. The Morgan fingerprint density at radius 1 is 1.32 bits per heavy atom. The lowest BCUT2D eigenvalue weighted by Crippen LogP contribution is -2.24. The highest BCUT2D eigenvalue weighted by Gasteiger charge is 2.05. The van der Waals surface area contributed by atoms with Crippen molar-refractivity contribution in [2.24, 2.45) is 0 Å². The topological polar surface area (TPSA) is 88.5 Å². The quantitative estimate of drug-likeness (QED) is 0.695. The Morgan fingerprint density at radius 3 is 2.68 bits per heavy atom. The number of nitrogens with zero attached hydrogens (tertiary/aromatic N) is 1. The number of hydrogen-bond donors (Lipinski definition) is 2. The highest BCUT2D eigenvalue weighted by molar-refractivity contribution is 5.93. The van der Waals surface area contributed by atoms with E-state index in [1.807, 2.05) is 0 Å². The first kappa shape index (κ1) is 14.9. The van der Waals surface area contributed by atoms with Crippen LogP contribution in [0, 0.1) is 0 Å². The molecule has 1 heterocycles. The molecule has 104 valence electrons. The van der Waals surface area contributed by atoms with E-state index < -0.39 is 5.97 Å². The summed E-state index contributed by atoms with van der Waals surface area (Å²) in [6, 6.07) is 3.27. The zero-order chi connectivity index (χ0) is 14.1. The van der Waals surface area contributed by atoms with Crippen molar-refractivity contribution in [1.29, 1.82) is 0 Å². The average Bonchev–Trinajstić information content (AvgIpc) is 2.42. The van der Waals surface area contributed by atoms with E-state index in [0.29, 0.717) is 24.4 Å². The van der Waals surface area contributed by atoms with Crippen molar-refractivity contribution in [2.45, 2.75) is 25.7 Å². The Labute approximate surface area is 111 Å². The molecular formula is C13H18N2O4. The van der Waals surface area contributed by atoms with Gasteiger partial charge in [-0.15, -0.1) is 0 Å². The first-order valence-electron chi connectivity index (χ1n) is 6.13. The number of aliphatic carboxylic acids is 1. The number of carbonyl (C=O) groups is 2. The molecule has 1 amide bonds. The van der Waals surface area contributed by atoms with Gasteiger partial charge in [0.1, 0.15) is 0 Å². The average molecular weight is 266 g/mol. The van der Waals surface area contributed by atoms with Gasteiger partial charge in [0.15, 0.2) is 0 Å². The summed E-state index contributed by atoms with van der Waals surface area (Å²) >= 11 is 0. The third kappa shape index (κ3) is 5.85. The van der Waals surface area contributed by atoms with Crippen LogP contribution >= 0.6 is 0 Å². The first-order valence-corrected chi connectivity index (χ1v) is 6.13. The molecule has 0 radical (unpaired) electrons. The van der Waals surface area contributed by atoms with E-state index in [1.54, 1.807) is 12.1 Å². The number of rotatable bonds is 8. The van der Waals surface area contributed by atoms with Gasteiger partial charge in [-0.05, 0) is 18.9 Å². The van der Waals surface area contributed by atoms with Crippen molar-refractivity contribution in [3.05, 3.63) is 23.9 Å². The molecule has 19 heavy (non-hydrogen) atoms. The highest BCUT2D eigenvalue weighted by Crippen LogP contribution is 2.06. The van der Waals surface area contributed by atoms with Crippen molar-refractivity contribution in [1.82, 2.24) is 10.3 Å². The van der Waals surface area contributed by atoms with Crippen molar-refractivity contribution < 1.29 is 19.4 Å². The smallest absolute Gasteiger partial charge is 0.303 e. The number of ether oxygens (including phenoxy) is 1. The minimum absolute atomic E-state index is 0.177. The second kappa shape index (κ2) is 8.07. The lowest BCUT2D eigenvalue weighted by molar-refractivity contribution is -0.137. The number of nitrogens with one attached hydrogen (secondary N) is 1. The molecule has 0 aromatic carbocycles. The van der Waals surface area contributed by atoms with Crippen LogP contribution in [0.25, 0.3) is 0 Å². The lowest BCUT2D eigenvalue weighted by Gasteiger charge is -2.05. The van der Waals surface area contributed by atoms with E-state index >= 15 is 0 Å². The van der Waals surface area contributed by atoms with Crippen LogP contribution in [0.5, 0.6) is 5.88 Å². The minimum atomic E-state index is -0.784. The summed E-state index contributed by atoms with van der Waals surface area (Å²) < 4.78 is 4.90. The monoisotopic (exact) mass is 266 g/mol. The fourth-order valence-corrected chi connectivity index (χ4v) is 1.52. The molecule has 1 aromatic heterocycles. The molecule has 6 nitrogen and oxygen atoms in total. The maximum absolute atomic E-state index is 11.7. The van der Waals surface area contributed by atoms with Crippen LogP contribution in [0.4, 0.5) is 0 Å². The number of amides is 1. The summed E-state index contributed by atoms with van der Waals surface area (Å²) in [5.74, 6) is -0.507. The molecule has 0 unspecified atom stereocenters. The number of aromatic nitrogens is 1. The molecule has 0 spiro atoms. The summed E-state index contributed by atoms with van der Waals surface area (Å²) in [5.41, 5.74) is 0.478. The number of pyridine rings is 1. The standard InChI is InChI=1S/C13H18N2O4/c1-19-11-7-6-10(9-15-11)13(18)14-8-4-2-3-5-12(16)17/h6-7,9H,2-5,8H2,1H3,(H,14,18)(H,16,17). The molecule has 6 heteroatoms. The Kier molecular flexibility index (Phi) is 6.35. The Balaban J connectivity index is 2.21. The molecule has 2 N–H and O–H groups in total. The fraction of sp³-hybridized carbons (Fsp3) is 0.462. The van der Waals surface area contributed by atoms with Crippen LogP contribution in [0.3, 0.4) is 0 Å². The molecule has 0 saturated carbocycles. The number of hydrogen-bond acceptors (Lipinski definition) is 4. The number of carboxylic acid groups (broad SMARTS) is 1. The van der Waals surface area contributed by atoms with Gasteiger partial charge in [0, 0.05) is 25.2 Å². The van der Waals surface area contributed by atoms with Gasteiger partial charge in [-0.3, -0.25) is 9.59 Å². The Hall–Kier alpha value is -2.11. The number of carboxylic acids is 1. The van der Waals surface area contributed by atoms with Crippen LogP contribution in [-0.2, 0) is 4.79 Å². The molecule has 0 fully saturated rings. The summed E-state index contributed by atoms with van der Waals surface area (Å²) in [6.07, 6.45) is 3.82. The molecule has 0 bridgehead atoms. The number of carbonyl (C=O) groups excluding carboxylic acids is 1. The van der Waals surface area contributed by atoms with E-state index in [2.05, 4.69) is 10.3 Å². The molecule has 0 aliphatic rings. The normalized spacial score (nSPS) is 9.95. The van der Waals surface area contributed by atoms with Gasteiger partial charge in [0.2, 0.25) is 5.88 Å². The van der Waals surface area contributed by atoms with Gasteiger partial charge in [-0.1, -0.05) is 6.42 Å². The lowest BCUT2D eigenvalue weighted by atomic mass is 10.2. The molecule has 0 aliphatic heterocycles. The Bertz CT molecular complexity index is 417. The molecule has 1 aromatic rings. The van der Waals surface area contributed by atoms with Gasteiger partial charge in [-0.2, -0.15) is 0 Å². The molecule has 0 atom stereocenters. The zero-order valence-electron chi connectivity index (χ0n) is 10.9. The maximum Gasteiger partial charge on any atom is 0.303 e. The predicted octanol–water partition coefficient (Wildman–Crippen LogP) is 1.46. The van der Waals surface area contributed by atoms with E-state index in [4.69, 9.17) is 9.84 Å². The summed E-state index contributed by atoms with van der Waals surface area (Å²) in [7, 11) is 1.51. The molecular weight excluding hydrogens is 248 g/mol. The SMILES string of the molecule is COc1ccc(C(=O)NCCCCCC(=O)O)cn1. The van der Waals surface area contributed by atoms with Crippen molar-refractivity contribution in [3.63, 3.8) is 0 Å². The van der Waals surface area contributed by atoms with Crippen molar-refractivity contribution >= 4 is 11.9 Å². The maximum atomic E-state index is 11.7. The number of methoxy groups -OCH3 is 1. The minimum Gasteiger partial charge on any atom is -0.481 e. The number of unbranched alkanes of at least 4 members (excludes halogenated alkanes) is 2. The van der Waals surface area contributed by atoms with E-state index in [9.17, 15) is 9.59 Å². The fourth-order valence-electron chi connectivity index (χ4n) is 1.52. The van der Waals surface area contributed by atoms with E-state index in [-0.39, 0.29) is 12.3 Å². The van der Waals surface area contributed by atoms with E-state index in [0.717, 1.165) is 12.8 Å². The Morgan fingerprint density at radius 2 is 2.11 bits per heavy atom. The molecule has 0 aliphatic carbocycles. The third-order valence-electron chi connectivity index (χ3n) is 2.56. The third-order valence-corrected chi connectivity index (χ3v) is 2.56. The second-order valence-electron chi connectivity index (χ2n) is 4.05. The highest BCUT2D eigenvalue weighted by atomic mass is 16.5. The summed E-state index contributed by atoms with van der Waals surface area (Å²) in [6.45, 7) is 0.532. The van der Waals surface area contributed by atoms with Crippen LogP contribution in [-0.4, -0.2) is 35.6 Å².